The predicted molar refractivity (Wildman–Crippen MR) is 214 cm³/mol. The van der Waals surface area contributed by atoms with Gasteiger partial charge in [-0.1, -0.05) is 126 Å². The largest absolute Gasteiger partial charge is 0.309 e. The molecule has 0 bridgehead atoms. The molecule has 0 unspecified atom stereocenters. The van der Waals surface area contributed by atoms with Gasteiger partial charge in [0.25, 0.3) is 0 Å². The highest BCUT2D eigenvalue weighted by Gasteiger charge is 2.48. The second kappa shape index (κ2) is 11.3. The van der Waals surface area contributed by atoms with Gasteiger partial charge in [0, 0.05) is 39.8 Å². The fourth-order valence-corrected chi connectivity index (χ4v) is 8.85. The van der Waals surface area contributed by atoms with Crippen molar-refractivity contribution in [1.29, 1.82) is 0 Å². The van der Waals surface area contributed by atoms with Gasteiger partial charge in [0.2, 0.25) is 0 Å². The van der Waals surface area contributed by atoms with Crippen LogP contribution in [0.5, 0.6) is 0 Å². The summed E-state index contributed by atoms with van der Waals surface area (Å²) >= 11 is 1.67. The van der Waals surface area contributed by atoms with Gasteiger partial charge in [-0.2, -0.15) is 0 Å². The maximum atomic E-state index is 5.18. The third kappa shape index (κ3) is 4.84. The van der Waals surface area contributed by atoms with Crippen LogP contribution in [-0.2, 0) is 16.2 Å². The molecule has 250 valence electrons. The van der Waals surface area contributed by atoms with Crippen LogP contribution in [0.1, 0.15) is 75.1 Å². The first kappa shape index (κ1) is 31.6. The van der Waals surface area contributed by atoms with Gasteiger partial charge in [-0.3, -0.25) is 4.98 Å². The van der Waals surface area contributed by atoms with Gasteiger partial charge in [0.15, 0.2) is 0 Å². The lowest BCUT2D eigenvalue weighted by molar-refractivity contribution is 0.589. The number of pyridine rings is 1. The number of aromatic nitrogens is 3. The number of thiazole rings is 1. The quantitative estimate of drug-likeness (QED) is 0.185. The normalized spacial score (nSPS) is 13.8. The zero-order valence-electron chi connectivity index (χ0n) is 30.0. The third-order valence-corrected chi connectivity index (χ3v) is 11.6. The van der Waals surface area contributed by atoms with Gasteiger partial charge in [-0.15, -0.1) is 11.3 Å². The molecule has 3 aromatic heterocycles. The van der Waals surface area contributed by atoms with Crippen molar-refractivity contribution in [2.45, 2.75) is 57.8 Å². The lowest BCUT2D eigenvalue weighted by atomic mass is 9.69. The first-order valence-electron chi connectivity index (χ1n) is 17.8. The highest BCUT2D eigenvalue weighted by Crippen LogP contribution is 2.57. The van der Waals surface area contributed by atoms with E-state index in [1.165, 1.54) is 60.8 Å². The fraction of sp³-hybridized carbons (Fsp3) is 0.191. The van der Waals surface area contributed by atoms with Crippen molar-refractivity contribution in [2.24, 2.45) is 0 Å². The van der Waals surface area contributed by atoms with Crippen molar-refractivity contribution in [3.05, 3.63) is 173 Å². The molecule has 0 saturated carbocycles. The Morgan fingerprint density at radius 2 is 1.25 bits per heavy atom. The van der Waals surface area contributed by atoms with Crippen LogP contribution in [0.25, 0.3) is 49.2 Å². The molecule has 3 heterocycles. The Hall–Kier alpha value is -5.32. The van der Waals surface area contributed by atoms with E-state index in [4.69, 9.17) is 4.98 Å². The SMILES string of the molecule is CC(C)(C)c1ccc2c(c1)-c1cc(C(C)(C)C)ccc1C2(c1ccc2c3ccccc3n(-c3cccc(-c4nccs4)c3)c2c1)c1ccccn1. The summed E-state index contributed by atoms with van der Waals surface area (Å²) in [7, 11) is 0. The van der Waals surface area contributed by atoms with Crippen molar-refractivity contribution in [3.63, 3.8) is 0 Å². The summed E-state index contributed by atoms with van der Waals surface area (Å²) < 4.78 is 2.43. The number of hydrogen-bond acceptors (Lipinski definition) is 3. The Labute approximate surface area is 304 Å². The lowest BCUT2D eigenvalue weighted by Gasteiger charge is -2.33. The molecule has 1 aliphatic carbocycles. The molecule has 0 fully saturated rings. The van der Waals surface area contributed by atoms with E-state index < -0.39 is 5.41 Å². The van der Waals surface area contributed by atoms with Crippen LogP contribution in [0.4, 0.5) is 0 Å². The number of nitrogens with zero attached hydrogens (tertiary/aromatic N) is 3. The summed E-state index contributed by atoms with van der Waals surface area (Å²) in [6.45, 7) is 13.8. The molecule has 4 heteroatoms. The molecule has 51 heavy (non-hydrogen) atoms. The Morgan fingerprint density at radius 3 is 1.90 bits per heavy atom. The van der Waals surface area contributed by atoms with E-state index in [0.717, 1.165) is 22.0 Å². The van der Waals surface area contributed by atoms with Crippen LogP contribution in [0.2, 0.25) is 0 Å². The molecule has 0 aliphatic heterocycles. The number of rotatable bonds is 4. The Kier molecular flexibility index (Phi) is 7.04. The molecule has 8 aromatic rings. The van der Waals surface area contributed by atoms with Crippen LogP contribution in [0.15, 0.2) is 139 Å². The maximum Gasteiger partial charge on any atom is 0.123 e. The van der Waals surface area contributed by atoms with E-state index in [2.05, 4.69) is 166 Å². The van der Waals surface area contributed by atoms with E-state index >= 15 is 0 Å². The van der Waals surface area contributed by atoms with E-state index in [-0.39, 0.29) is 10.8 Å². The molecule has 5 aromatic carbocycles. The van der Waals surface area contributed by atoms with Crippen LogP contribution < -0.4 is 0 Å². The Bertz CT molecular complexity index is 2530. The highest BCUT2D eigenvalue weighted by atomic mass is 32.1. The van der Waals surface area contributed by atoms with E-state index in [1.807, 2.05) is 23.8 Å². The van der Waals surface area contributed by atoms with E-state index in [1.54, 1.807) is 11.3 Å². The third-order valence-electron chi connectivity index (χ3n) is 10.8. The fourth-order valence-electron chi connectivity index (χ4n) is 8.21. The summed E-state index contributed by atoms with van der Waals surface area (Å²) in [5, 5.41) is 5.53. The minimum Gasteiger partial charge on any atom is -0.309 e. The standard InChI is InChI=1S/C47H41N3S/c1-45(2,3)31-18-21-39-37(27-31)38-28-32(46(4,5)6)19-22-40(38)47(39,43-16-9-10-23-48-43)33-17-20-36-35-14-7-8-15-41(35)50(42(36)29-33)34-13-11-12-30(26-34)44-49-24-25-51-44/h7-29H,1-6H3. The van der Waals surface area contributed by atoms with Gasteiger partial charge in [0.05, 0.1) is 22.1 Å². The molecule has 0 saturated heterocycles. The zero-order chi connectivity index (χ0) is 35.1. The first-order chi connectivity index (χ1) is 24.5. The molecule has 0 radical (unpaired) electrons. The van der Waals surface area contributed by atoms with Crippen LogP contribution >= 0.6 is 11.3 Å². The van der Waals surface area contributed by atoms with E-state index in [0.29, 0.717) is 0 Å². The second-order valence-electron chi connectivity index (χ2n) is 16.0. The molecule has 1 aliphatic rings. The number of benzene rings is 5. The molecule has 0 spiro atoms. The monoisotopic (exact) mass is 679 g/mol. The topological polar surface area (TPSA) is 30.7 Å². The van der Waals surface area contributed by atoms with Crippen LogP contribution in [-0.4, -0.2) is 14.5 Å². The Morgan fingerprint density at radius 1 is 0.569 bits per heavy atom. The average molecular weight is 680 g/mol. The molecule has 9 rings (SSSR count). The number of hydrogen-bond donors (Lipinski definition) is 0. The molecular weight excluding hydrogens is 639 g/mol. The minimum atomic E-state index is -0.614. The maximum absolute atomic E-state index is 5.18. The van der Waals surface area contributed by atoms with Gasteiger partial charge in [0.1, 0.15) is 5.01 Å². The summed E-state index contributed by atoms with van der Waals surface area (Å²) in [4.78, 5) is 9.81. The van der Waals surface area contributed by atoms with Crippen molar-refractivity contribution < 1.29 is 0 Å². The first-order valence-corrected chi connectivity index (χ1v) is 18.7. The van der Waals surface area contributed by atoms with Gasteiger partial charge in [-0.05, 0) is 86.2 Å². The minimum absolute atomic E-state index is 0.0140. The van der Waals surface area contributed by atoms with Gasteiger partial charge < -0.3 is 4.57 Å². The van der Waals surface area contributed by atoms with Crippen LogP contribution in [0, 0.1) is 0 Å². The Balaban J connectivity index is 1.39. The summed E-state index contributed by atoms with van der Waals surface area (Å²) in [6.07, 6.45) is 3.82. The number of fused-ring (bicyclic) bond motifs is 6. The van der Waals surface area contributed by atoms with Crippen molar-refractivity contribution in [1.82, 2.24) is 14.5 Å². The van der Waals surface area contributed by atoms with Gasteiger partial charge in [-0.25, -0.2) is 4.98 Å². The zero-order valence-corrected chi connectivity index (χ0v) is 30.8. The number of para-hydroxylation sites is 1. The smallest absolute Gasteiger partial charge is 0.123 e. The summed E-state index contributed by atoms with van der Waals surface area (Å²) in [5.74, 6) is 0. The molecule has 0 N–H and O–H groups in total. The van der Waals surface area contributed by atoms with Crippen LogP contribution in [0.3, 0.4) is 0 Å². The lowest BCUT2D eigenvalue weighted by Crippen LogP contribution is -2.30. The van der Waals surface area contributed by atoms with Gasteiger partial charge >= 0.3 is 0 Å². The molecule has 0 amide bonds. The average Bonchev–Trinajstić information content (AvgIpc) is 3.85. The summed E-state index contributed by atoms with van der Waals surface area (Å²) in [6, 6.07) is 45.4. The molecule has 3 nitrogen and oxygen atoms in total. The second-order valence-corrected chi connectivity index (χ2v) is 16.9. The van der Waals surface area contributed by atoms with E-state index in [9.17, 15) is 0 Å². The van der Waals surface area contributed by atoms with Crippen molar-refractivity contribution >= 4 is 33.1 Å². The van der Waals surface area contributed by atoms with Crippen molar-refractivity contribution in [2.75, 3.05) is 0 Å². The van der Waals surface area contributed by atoms with Crippen molar-refractivity contribution in [3.8, 4) is 27.4 Å². The highest BCUT2D eigenvalue weighted by molar-refractivity contribution is 7.13. The molecule has 0 atom stereocenters. The summed E-state index contributed by atoms with van der Waals surface area (Å²) in [5.41, 5.74) is 14.1. The predicted octanol–water partition coefficient (Wildman–Crippen LogP) is 12.3. The molecular formula is C47H41N3S.